The van der Waals surface area contributed by atoms with E-state index >= 15 is 0 Å². The van der Waals surface area contributed by atoms with Crippen molar-refractivity contribution in [3.05, 3.63) is 53.3 Å². The molecule has 0 N–H and O–H groups in total. The highest BCUT2D eigenvalue weighted by molar-refractivity contribution is 5.99. The molecule has 0 aliphatic carbocycles. The summed E-state index contributed by atoms with van der Waals surface area (Å²) in [6.45, 7) is 2.37. The number of anilines is 1. The van der Waals surface area contributed by atoms with Crippen molar-refractivity contribution in [2.45, 2.75) is 13.5 Å². The third-order valence-corrected chi connectivity index (χ3v) is 3.68. The molecule has 5 nitrogen and oxygen atoms in total. The Morgan fingerprint density at radius 1 is 1.29 bits per heavy atom. The van der Waals surface area contributed by atoms with Crippen molar-refractivity contribution in [3.63, 3.8) is 0 Å². The van der Waals surface area contributed by atoms with Crippen molar-refractivity contribution in [3.8, 4) is 11.5 Å². The SMILES string of the molecule is CCOc1cc(C=O)cc2c1OCC(=O)N2Cc1ccc(F)cc1. The number of aldehydes is 1. The molecule has 1 aliphatic heterocycles. The predicted molar refractivity (Wildman–Crippen MR) is 86.1 cm³/mol. The van der Waals surface area contributed by atoms with E-state index in [1.807, 2.05) is 6.92 Å². The molecule has 0 atom stereocenters. The molecule has 0 saturated carbocycles. The van der Waals surface area contributed by atoms with E-state index in [0.29, 0.717) is 35.6 Å². The standard InChI is InChI=1S/C18H16FNO4/c1-2-23-16-8-13(10-21)7-15-18(16)24-11-17(22)20(15)9-12-3-5-14(19)6-4-12/h3-8,10H,2,9,11H2,1H3. The first-order valence-corrected chi connectivity index (χ1v) is 7.56. The number of hydrogen-bond acceptors (Lipinski definition) is 4. The van der Waals surface area contributed by atoms with Crippen LogP contribution in [0.15, 0.2) is 36.4 Å². The minimum Gasteiger partial charge on any atom is -0.490 e. The van der Waals surface area contributed by atoms with E-state index < -0.39 is 0 Å². The second-order valence-electron chi connectivity index (χ2n) is 5.31. The van der Waals surface area contributed by atoms with Crippen LogP contribution in [0.2, 0.25) is 0 Å². The molecule has 0 spiro atoms. The number of rotatable bonds is 5. The molecule has 0 fully saturated rings. The molecule has 0 aromatic heterocycles. The molecule has 1 heterocycles. The minimum absolute atomic E-state index is 0.116. The Kier molecular flexibility index (Phi) is 4.46. The fourth-order valence-corrected chi connectivity index (χ4v) is 2.58. The van der Waals surface area contributed by atoms with Crippen LogP contribution >= 0.6 is 0 Å². The highest BCUT2D eigenvalue weighted by Gasteiger charge is 2.29. The average Bonchev–Trinajstić information content (AvgIpc) is 2.59. The van der Waals surface area contributed by atoms with Crippen molar-refractivity contribution in [2.24, 2.45) is 0 Å². The van der Waals surface area contributed by atoms with Crippen LogP contribution < -0.4 is 14.4 Å². The summed E-state index contributed by atoms with van der Waals surface area (Å²) in [7, 11) is 0. The third kappa shape index (κ3) is 3.08. The van der Waals surface area contributed by atoms with Gasteiger partial charge in [0.15, 0.2) is 18.1 Å². The first-order valence-electron chi connectivity index (χ1n) is 7.56. The largest absolute Gasteiger partial charge is 0.490 e. The average molecular weight is 329 g/mol. The quantitative estimate of drug-likeness (QED) is 0.792. The Bertz CT molecular complexity index is 773. The van der Waals surface area contributed by atoms with E-state index in [-0.39, 0.29) is 24.9 Å². The second-order valence-corrected chi connectivity index (χ2v) is 5.31. The zero-order chi connectivity index (χ0) is 17.1. The van der Waals surface area contributed by atoms with Crippen molar-refractivity contribution in [2.75, 3.05) is 18.1 Å². The van der Waals surface area contributed by atoms with Gasteiger partial charge in [0, 0.05) is 5.56 Å². The lowest BCUT2D eigenvalue weighted by atomic mass is 10.1. The van der Waals surface area contributed by atoms with E-state index in [1.54, 1.807) is 24.3 Å². The number of carbonyl (C=O) groups excluding carboxylic acids is 2. The lowest BCUT2D eigenvalue weighted by molar-refractivity contribution is -0.121. The summed E-state index contributed by atoms with van der Waals surface area (Å²) in [5.74, 6) is 0.282. The van der Waals surface area contributed by atoms with Crippen LogP contribution in [0.25, 0.3) is 0 Å². The van der Waals surface area contributed by atoms with Gasteiger partial charge >= 0.3 is 0 Å². The molecule has 0 unspecified atom stereocenters. The number of amides is 1. The van der Waals surface area contributed by atoms with Gasteiger partial charge in [0.1, 0.15) is 12.1 Å². The van der Waals surface area contributed by atoms with E-state index in [2.05, 4.69) is 0 Å². The summed E-state index contributed by atoms with van der Waals surface area (Å²) in [5.41, 5.74) is 1.63. The lowest BCUT2D eigenvalue weighted by Crippen LogP contribution is -2.38. The number of ether oxygens (including phenoxy) is 2. The molecule has 2 aromatic rings. The van der Waals surface area contributed by atoms with Gasteiger partial charge in [0.25, 0.3) is 5.91 Å². The maximum absolute atomic E-state index is 13.1. The fourth-order valence-electron chi connectivity index (χ4n) is 2.58. The predicted octanol–water partition coefficient (Wildman–Crippen LogP) is 2.96. The molecular formula is C18H16FNO4. The molecule has 0 saturated heterocycles. The third-order valence-electron chi connectivity index (χ3n) is 3.68. The number of nitrogens with zero attached hydrogens (tertiary/aromatic N) is 1. The van der Waals surface area contributed by atoms with Crippen LogP contribution in [-0.2, 0) is 11.3 Å². The minimum atomic E-state index is -0.339. The molecule has 3 rings (SSSR count). The van der Waals surface area contributed by atoms with Gasteiger partial charge in [-0.2, -0.15) is 0 Å². The number of benzene rings is 2. The summed E-state index contributed by atoms with van der Waals surface area (Å²) in [6, 6.07) is 9.09. The number of fused-ring (bicyclic) bond motifs is 1. The van der Waals surface area contributed by atoms with Gasteiger partial charge in [0.05, 0.1) is 18.8 Å². The molecule has 1 aliphatic rings. The van der Waals surface area contributed by atoms with Gasteiger partial charge in [-0.15, -0.1) is 0 Å². The molecular weight excluding hydrogens is 313 g/mol. The first-order chi connectivity index (χ1) is 11.6. The molecule has 24 heavy (non-hydrogen) atoms. The first kappa shape index (κ1) is 16.0. The molecule has 1 amide bonds. The van der Waals surface area contributed by atoms with Crippen molar-refractivity contribution >= 4 is 17.9 Å². The van der Waals surface area contributed by atoms with Crippen LogP contribution in [0.1, 0.15) is 22.8 Å². The zero-order valence-corrected chi connectivity index (χ0v) is 13.1. The van der Waals surface area contributed by atoms with Gasteiger partial charge in [0.2, 0.25) is 0 Å². The highest BCUT2D eigenvalue weighted by Crippen LogP contribution is 2.42. The monoisotopic (exact) mass is 329 g/mol. The molecule has 124 valence electrons. The Labute approximate surface area is 138 Å². The summed E-state index contributed by atoms with van der Waals surface area (Å²) in [4.78, 5) is 25.0. The maximum atomic E-state index is 13.1. The Balaban J connectivity index is 2.02. The summed E-state index contributed by atoms with van der Waals surface area (Å²) in [6.07, 6.45) is 0.692. The van der Waals surface area contributed by atoms with Gasteiger partial charge in [-0.05, 0) is 36.8 Å². The van der Waals surface area contributed by atoms with Gasteiger partial charge < -0.3 is 14.4 Å². The van der Waals surface area contributed by atoms with Crippen LogP contribution in [0.4, 0.5) is 10.1 Å². The molecule has 2 aromatic carbocycles. The smallest absolute Gasteiger partial charge is 0.265 e. The van der Waals surface area contributed by atoms with Crippen molar-refractivity contribution < 1.29 is 23.5 Å². The van der Waals surface area contributed by atoms with Crippen molar-refractivity contribution in [1.82, 2.24) is 0 Å². The highest BCUT2D eigenvalue weighted by atomic mass is 19.1. The number of halogens is 1. The molecule has 6 heteroatoms. The Morgan fingerprint density at radius 2 is 2.04 bits per heavy atom. The van der Waals surface area contributed by atoms with E-state index in [1.165, 1.54) is 17.0 Å². The fraction of sp³-hybridized carbons (Fsp3) is 0.222. The summed E-state index contributed by atoms with van der Waals surface area (Å²) in [5, 5.41) is 0. The lowest BCUT2D eigenvalue weighted by Gasteiger charge is -2.30. The summed E-state index contributed by atoms with van der Waals surface area (Å²) < 4.78 is 24.1. The molecule has 0 bridgehead atoms. The zero-order valence-electron chi connectivity index (χ0n) is 13.1. The maximum Gasteiger partial charge on any atom is 0.265 e. The van der Waals surface area contributed by atoms with E-state index in [9.17, 15) is 14.0 Å². The van der Waals surface area contributed by atoms with Crippen LogP contribution in [0.5, 0.6) is 11.5 Å². The van der Waals surface area contributed by atoms with Gasteiger partial charge in [-0.3, -0.25) is 9.59 Å². The van der Waals surface area contributed by atoms with Crippen LogP contribution in [0.3, 0.4) is 0 Å². The van der Waals surface area contributed by atoms with E-state index in [4.69, 9.17) is 9.47 Å². The van der Waals surface area contributed by atoms with Crippen molar-refractivity contribution in [1.29, 1.82) is 0 Å². The topological polar surface area (TPSA) is 55.8 Å². The van der Waals surface area contributed by atoms with Crippen LogP contribution in [0, 0.1) is 5.82 Å². The van der Waals surface area contributed by atoms with Crippen LogP contribution in [-0.4, -0.2) is 25.4 Å². The summed E-state index contributed by atoms with van der Waals surface area (Å²) >= 11 is 0. The van der Waals surface area contributed by atoms with E-state index in [0.717, 1.165) is 5.56 Å². The number of hydrogen-bond donors (Lipinski definition) is 0. The van der Waals surface area contributed by atoms with Gasteiger partial charge in [-0.1, -0.05) is 12.1 Å². The second kappa shape index (κ2) is 6.70. The normalized spacial score (nSPS) is 13.2. The molecule has 0 radical (unpaired) electrons. The van der Waals surface area contributed by atoms with Gasteiger partial charge in [-0.25, -0.2) is 4.39 Å². The number of carbonyl (C=O) groups is 2. The Hall–Kier alpha value is -2.89. The Morgan fingerprint density at radius 3 is 2.71 bits per heavy atom.